The first-order valence-electron chi connectivity index (χ1n) is 6.01. The van der Waals surface area contributed by atoms with E-state index in [0.717, 1.165) is 22.3 Å². The van der Waals surface area contributed by atoms with Crippen LogP contribution >= 0.6 is 23.2 Å². The highest BCUT2D eigenvalue weighted by atomic mass is 35.5. The lowest BCUT2D eigenvalue weighted by Crippen LogP contribution is -2.02. The Hall–Kier alpha value is -1.75. The Morgan fingerprint density at radius 1 is 1.15 bits per heavy atom. The van der Waals surface area contributed by atoms with E-state index in [0.29, 0.717) is 22.4 Å². The maximum atomic E-state index is 6.28. The van der Waals surface area contributed by atoms with Gasteiger partial charge in [-0.15, -0.1) is 0 Å². The molecular formula is C14H12Cl2N4. The van der Waals surface area contributed by atoms with Gasteiger partial charge in [0.2, 0.25) is 0 Å². The Kier molecular flexibility index (Phi) is 3.30. The third kappa shape index (κ3) is 2.12. The molecule has 0 radical (unpaired) electrons. The van der Waals surface area contributed by atoms with Crippen molar-refractivity contribution in [3.8, 4) is 11.1 Å². The molecule has 2 aromatic heterocycles. The van der Waals surface area contributed by atoms with E-state index in [9.17, 15) is 0 Å². The summed E-state index contributed by atoms with van der Waals surface area (Å²) in [5, 5.41) is 1.17. The quantitative estimate of drug-likeness (QED) is 0.763. The number of nitrogen functional groups attached to an aromatic ring is 1. The van der Waals surface area contributed by atoms with E-state index < -0.39 is 0 Å². The number of rotatable bonds is 2. The summed E-state index contributed by atoms with van der Waals surface area (Å²) in [6, 6.07) is 7.29. The molecule has 0 aliphatic rings. The van der Waals surface area contributed by atoms with Gasteiger partial charge in [0.05, 0.1) is 6.20 Å². The van der Waals surface area contributed by atoms with Crippen molar-refractivity contribution in [1.29, 1.82) is 0 Å². The van der Waals surface area contributed by atoms with Gasteiger partial charge in [0.25, 0.3) is 0 Å². The summed E-state index contributed by atoms with van der Waals surface area (Å²) in [6.45, 7) is 0.386. The van der Waals surface area contributed by atoms with Crippen molar-refractivity contribution in [2.75, 3.05) is 5.73 Å². The minimum Gasteiger partial charge on any atom is -0.383 e. The minimum atomic E-state index is 0.386. The molecule has 0 saturated heterocycles. The zero-order valence-corrected chi connectivity index (χ0v) is 12.0. The van der Waals surface area contributed by atoms with Gasteiger partial charge in [-0.05, 0) is 23.8 Å². The van der Waals surface area contributed by atoms with Crippen molar-refractivity contribution in [3.05, 3.63) is 52.3 Å². The second-order valence-electron chi connectivity index (χ2n) is 4.45. The van der Waals surface area contributed by atoms with Crippen LogP contribution in [0.2, 0.25) is 10.0 Å². The van der Waals surface area contributed by atoms with Crippen LogP contribution in [0, 0.1) is 0 Å². The molecule has 3 rings (SSSR count). The van der Waals surface area contributed by atoms with Crippen LogP contribution < -0.4 is 11.5 Å². The molecule has 2 heterocycles. The van der Waals surface area contributed by atoms with Crippen molar-refractivity contribution >= 4 is 34.7 Å². The number of benzene rings is 1. The number of nitrogens with zero attached hydrogens (tertiary/aromatic N) is 2. The third-order valence-corrected chi connectivity index (χ3v) is 3.75. The van der Waals surface area contributed by atoms with Crippen molar-refractivity contribution < 1.29 is 0 Å². The number of imidazole rings is 1. The highest BCUT2D eigenvalue weighted by Gasteiger charge is 2.12. The summed E-state index contributed by atoms with van der Waals surface area (Å²) in [4.78, 5) is 4.23. The number of halogens is 2. The lowest BCUT2D eigenvalue weighted by atomic mass is 10.0. The Bertz CT molecular complexity index is 795. The van der Waals surface area contributed by atoms with Gasteiger partial charge in [0, 0.05) is 33.9 Å². The molecule has 0 bridgehead atoms. The Balaban J connectivity index is 2.30. The molecule has 0 aliphatic carbocycles. The number of fused-ring (bicyclic) bond motifs is 1. The molecule has 102 valence electrons. The first-order chi connectivity index (χ1) is 9.60. The van der Waals surface area contributed by atoms with Crippen LogP contribution in [0.3, 0.4) is 0 Å². The molecule has 3 aromatic rings. The molecule has 20 heavy (non-hydrogen) atoms. The molecule has 0 amide bonds. The predicted molar refractivity (Wildman–Crippen MR) is 83.0 cm³/mol. The van der Waals surface area contributed by atoms with E-state index in [-0.39, 0.29) is 0 Å². The van der Waals surface area contributed by atoms with Crippen LogP contribution in [-0.2, 0) is 6.54 Å². The van der Waals surface area contributed by atoms with Gasteiger partial charge in [-0.2, -0.15) is 0 Å². The lowest BCUT2D eigenvalue weighted by molar-refractivity contribution is 1.05. The largest absolute Gasteiger partial charge is 0.383 e. The van der Waals surface area contributed by atoms with E-state index in [1.807, 2.05) is 18.3 Å². The number of pyridine rings is 1. The number of hydrogen-bond acceptors (Lipinski definition) is 3. The minimum absolute atomic E-state index is 0.386. The summed E-state index contributed by atoms with van der Waals surface area (Å²) in [5.41, 5.74) is 15.2. The van der Waals surface area contributed by atoms with Gasteiger partial charge < -0.3 is 11.5 Å². The normalized spacial score (nSPS) is 11.2. The predicted octanol–water partition coefficient (Wildman–Crippen LogP) is 3.35. The van der Waals surface area contributed by atoms with Gasteiger partial charge in [0.15, 0.2) is 0 Å². The van der Waals surface area contributed by atoms with Crippen molar-refractivity contribution in [3.63, 3.8) is 0 Å². The monoisotopic (exact) mass is 306 g/mol. The summed E-state index contributed by atoms with van der Waals surface area (Å²) in [6.07, 6.45) is 3.51. The van der Waals surface area contributed by atoms with E-state index in [1.165, 1.54) is 0 Å². The first-order valence-corrected chi connectivity index (χ1v) is 6.76. The first kappa shape index (κ1) is 13.2. The fourth-order valence-electron chi connectivity index (χ4n) is 2.20. The molecule has 6 heteroatoms. The number of nitrogens with two attached hydrogens (primary N) is 2. The average Bonchev–Trinajstić information content (AvgIpc) is 2.78. The molecule has 0 saturated carbocycles. The summed E-state index contributed by atoms with van der Waals surface area (Å²) in [7, 11) is 0. The fraction of sp³-hybridized carbons (Fsp3) is 0.0714. The highest BCUT2D eigenvalue weighted by Crippen LogP contribution is 2.33. The van der Waals surface area contributed by atoms with E-state index >= 15 is 0 Å². The average molecular weight is 307 g/mol. The lowest BCUT2D eigenvalue weighted by Gasteiger charge is -2.11. The van der Waals surface area contributed by atoms with Crippen molar-refractivity contribution in [2.24, 2.45) is 5.73 Å². The van der Waals surface area contributed by atoms with E-state index in [4.69, 9.17) is 34.7 Å². The Morgan fingerprint density at radius 3 is 2.65 bits per heavy atom. The maximum Gasteiger partial charge on any atom is 0.138 e. The Morgan fingerprint density at radius 2 is 1.95 bits per heavy atom. The van der Waals surface area contributed by atoms with Crippen LogP contribution in [0.25, 0.3) is 16.8 Å². The molecule has 4 N–H and O–H groups in total. The van der Waals surface area contributed by atoms with Crippen LogP contribution in [0.4, 0.5) is 5.82 Å². The summed E-state index contributed by atoms with van der Waals surface area (Å²) >= 11 is 12.2. The smallest absolute Gasteiger partial charge is 0.138 e. The highest BCUT2D eigenvalue weighted by molar-refractivity contribution is 6.36. The standard InChI is InChI=1S/C14H12Cl2N4/c15-9-1-2-10(12(16)4-9)11-7-20-13(18)6-19-14(20)3-8(11)5-17/h1-4,6-7H,5,17-18H2. The summed E-state index contributed by atoms with van der Waals surface area (Å²) in [5.74, 6) is 0.565. The van der Waals surface area contributed by atoms with Gasteiger partial charge in [-0.1, -0.05) is 29.3 Å². The molecule has 0 atom stereocenters. The zero-order chi connectivity index (χ0) is 14.3. The molecule has 1 aromatic carbocycles. The second kappa shape index (κ2) is 4.98. The van der Waals surface area contributed by atoms with Gasteiger partial charge in [0.1, 0.15) is 11.5 Å². The SMILES string of the molecule is NCc1cc2ncc(N)n2cc1-c1ccc(Cl)cc1Cl. The van der Waals surface area contributed by atoms with Crippen molar-refractivity contribution in [2.45, 2.75) is 6.54 Å². The molecule has 4 nitrogen and oxygen atoms in total. The van der Waals surface area contributed by atoms with Gasteiger partial charge in [-0.3, -0.25) is 4.40 Å². The molecule has 0 spiro atoms. The topological polar surface area (TPSA) is 69.3 Å². The molecular weight excluding hydrogens is 295 g/mol. The fourth-order valence-corrected chi connectivity index (χ4v) is 2.71. The van der Waals surface area contributed by atoms with Crippen LogP contribution in [-0.4, -0.2) is 9.38 Å². The maximum absolute atomic E-state index is 6.28. The second-order valence-corrected chi connectivity index (χ2v) is 5.30. The summed E-state index contributed by atoms with van der Waals surface area (Å²) < 4.78 is 1.80. The zero-order valence-electron chi connectivity index (χ0n) is 10.5. The number of aromatic nitrogens is 2. The number of anilines is 1. The van der Waals surface area contributed by atoms with Crippen molar-refractivity contribution in [1.82, 2.24) is 9.38 Å². The van der Waals surface area contributed by atoms with Crippen LogP contribution in [0.15, 0.2) is 36.7 Å². The van der Waals surface area contributed by atoms with E-state index in [2.05, 4.69) is 4.98 Å². The number of hydrogen-bond donors (Lipinski definition) is 2. The molecule has 0 aliphatic heterocycles. The molecule has 0 unspecified atom stereocenters. The van der Waals surface area contributed by atoms with E-state index in [1.54, 1.807) is 22.7 Å². The van der Waals surface area contributed by atoms with Gasteiger partial charge in [-0.25, -0.2) is 4.98 Å². The Labute approximate surface area is 125 Å². The van der Waals surface area contributed by atoms with Crippen LogP contribution in [0.1, 0.15) is 5.56 Å². The van der Waals surface area contributed by atoms with Crippen LogP contribution in [0.5, 0.6) is 0 Å². The third-order valence-electron chi connectivity index (χ3n) is 3.20. The molecule has 0 fully saturated rings. The van der Waals surface area contributed by atoms with Gasteiger partial charge >= 0.3 is 0 Å².